The fourth-order valence-corrected chi connectivity index (χ4v) is 0.130. The average molecular weight is 94.1 g/mol. The number of terminal acetylenes is 1. The molecule has 0 unspecified atom stereocenters. The summed E-state index contributed by atoms with van der Waals surface area (Å²) in [5.41, 5.74) is 0. The molecule has 28 valence electrons. The lowest BCUT2D eigenvalue weighted by Crippen LogP contribution is -1.49. The van der Waals surface area contributed by atoms with E-state index in [0.29, 0.717) is 0 Å². The fourth-order valence-electron chi connectivity index (χ4n) is 0.0711. The van der Waals surface area contributed by atoms with Gasteiger partial charge in [0.2, 0.25) is 0 Å². The summed E-state index contributed by atoms with van der Waals surface area (Å²) < 4.78 is 0. The zero-order chi connectivity index (χ0) is 4.83. The van der Waals surface area contributed by atoms with Gasteiger partial charge in [0, 0.05) is 0 Å². The zero-order valence-corrected chi connectivity index (χ0v) is 3.88. The number of rotatable bonds is 0. The summed E-state index contributed by atoms with van der Waals surface area (Å²) in [4.78, 5) is 0. The maximum Gasteiger partial charge on any atom is 0.0524 e. The topological polar surface area (TPSA) is 0 Å². The maximum absolute atomic E-state index is 4.72. The molecule has 0 aromatic rings. The van der Waals surface area contributed by atoms with Crippen LogP contribution in [0.3, 0.4) is 0 Å². The van der Waals surface area contributed by atoms with Crippen LogP contribution in [0.5, 0.6) is 0 Å². The molecule has 0 N–H and O–H groups in total. The Kier molecular flexibility index (Phi) is 3.66. The molecular formula is C5H2S. The third-order valence-electron chi connectivity index (χ3n) is 0.203. The lowest BCUT2D eigenvalue weighted by atomic mass is 10.6. The SMILES string of the molecule is C#CC#CC=S. The summed E-state index contributed by atoms with van der Waals surface area (Å²) >= 11 is 4.32. The number of hydrogen-bond acceptors (Lipinski definition) is 1. The van der Waals surface area contributed by atoms with Gasteiger partial charge in [0.05, 0.1) is 5.37 Å². The molecule has 0 atom stereocenters. The van der Waals surface area contributed by atoms with Gasteiger partial charge >= 0.3 is 0 Å². The molecule has 0 saturated heterocycles. The lowest BCUT2D eigenvalue weighted by Gasteiger charge is -1.46. The summed E-state index contributed by atoms with van der Waals surface area (Å²) in [5, 5.41) is 1.29. The van der Waals surface area contributed by atoms with Gasteiger partial charge in [-0.2, -0.15) is 0 Å². The summed E-state index contributed by atoms with van der Waals surface area (Å²) in [6.45, 7) is 0. The van der Waals surface area contributed by atoms with Gasteiger partial charge in [0.25, 0.3) is 0 Å². The van der Waals surface area contributed by atoms with Gasteiger partial charge in [-0.25, -0.2) is 0 Å². The van der Waals surface area contributed by atoms with Crippen molar-refractivity contribution in [3.05, 3.63) is 0 Å². The fraction of sp³-hybridized carbons (Fsp3) is 0. The molecule has 0 radical (unpaired) electrons. The molecular weight excluding hydrogens is 92.1 g/mol. The van der Waals surface area contributed by atoms with Crippen LogP contribution in [0.4, 0.5) is 0 Å². The molecule has 0 nitrogen and oxygen atoms in total. The molecule has 6 heavy (non-hydrogen) atoms. The molecule has 0 aromatic heterocycles. The Bertz CT molecular complexity index is 128. The standard InChI is InChI=1S/C5H2S/c1-2-3-4-5-6/h1,5H. The lowest BCUT2D eigenvalue weighted by molar-refractivity contribution is 2.57. The van der Waals surface area contributed by atoms with Crippen molar-refractivity contribution in [1.82, 2.24) is 0 Å². The van der Waals surface area contributed by atoms with E-state index >= 15 is 0 Å². The molecule has 0 heterocycles. The van der Waals surface area contributed by atoms with Crippen molar-refractivity contribution in [3.63, 3.8) is 0 Å². The van der Waals surface area contributed by atoms with Gasteiger partial charge < -0.3 is 0 Å². The Labute approximate surface area is 42.6 Å². The second-order valence-electron chi connectivity index (χ2n) is 0.532. The van der Waals surface area contributed by atoms with Gasteiger partial charge in [-0.3, -0.25) is 0 Å². The molecule has 0 aliphatic rings. The van der Waals surface area contributed by atoms with Crippen LogP contribution >= 0.6 is 12.2 Å². The van der Waals surface area contributed by atoms with Gasteiger partial charge in [-0.15, -0.1) is 6.42 Å². The number of hydrogen-bond donors (Lipinski definition) is 0. The number of thiocarbonyl (C=S) groups is 1. The highest BCUT2D eigenvalue weighted by Crippen LogP contribution is 1.45. The van der Waals surface area contributed by atoms with Crippen molar-refractivity contribution in [2.75, 3.05) is 0 Å². The van der Waals surface area contributed by atoms with Crippen LogP contribution in [0, 0.1) is 24.2 Å². The molecule has 0 aliphatic carbocycles. The van der Waals surface area contributed by atoms with Crippen LogP contribution in [0.25, 0.3) is 0 Å². The monoisotopic (exact) mass is 94.0 g/mol. The van der Waals surface area contributed by atoms with Crippen LogP contribution in [-0.2, 0) is 0 Å². The van der Waals surface area contributed by atoms with Crippen LogP contribution in [-0.4, -0.2) is 5.37 Å². The minimum atomic E-state index is 1.29. The largest absolute Gasteiger partial charge is 0.106 e. The highest BCUT2D eigenvalue weighted by Gasteiger charge is 1.43. The van der Waals surface area contributed by atoms with Crippen molar-refractivity contribution in [2.24, 2.45) is 0 Å². The van der Waals surface area contributed by atoms with E-state index in [4.69, 9.17) is 6.42 Å². The molecule has 1 heteroatoms. The molecule has 0 saturated carbocycles. The minimum Gasteiger partial charge on any atom is -0.106 e. The van der Waals surface area contributed by atoms with E-state index in [1.165, 1.54) is 5.37 Å². The summed E-state index contributed by atoms with van der Waals surface area (Å²) in [6, 6.07) is 0. The Morgan fingerprint density at radius 3 is 2.50 bits per heavy atom. The van der Waals surface area contributed by atoms with Crippen LogP contribution in [0.2, 0.25) is 0 Å². The Balaban J connectivity index is 3.50. The third-order valence-corrected chi connectivity index (χ3v) is 0.321. The first-order valence-corrected chi connectivity index (χ1v) is 1.78. The van der Waals surface area contributed by atoms with Crippen molar-refractivity contribution in [2.45, 2.75) is 0 Å². The Morgan fingerprint density at radius 2 is 2.33 bits per heavy atom. The van der Waals surface area contributed by atoms with E-state index in [1.807, 2.05) is 0 Å². The van der Waals surface area contributed by atoms with E-state index in [9.17, 15) is 0 Å². The highest BCUT2D eigenvalue weighted by molar-refractivity contribution is 7.79. The van der Waals surface area contributed by atoms with Crippen LogP contribution in [0.1, 0.15) is 0 Å². The van der Waals surface area contributed by atoms with E-state index in [-0.39, 0.29) is 0 Å². The molecule has 0 spiro atoms. The third kappa shape index (κ3) is 3.21. The van der Waals surface area contributed by atoms with Crippen molar-refractivity contribution in [1.29, 1.82) is 0 Å². The maximum atomic E-state index is 4.72. The molecule has 0 rings (SSSR count). The predicted octanol–water partition coefficient (Wildman–Crippen LogP) is 0.623. The van der Waals surface area contributed by atoms with Gasteiger partial charge in [0.1, 0.15) is 0 Å². The first-order chi connectivity index (χ1) is 2.91. The molecule has 0 aliphatic heterocycles. The molecule has 0 aromatic carbocycles. The van der Waals surface area contributed by atoms with Gasteiger partial charge in [-0.1, -0.05) is 12.2 Å². The second kappa shape index (κ2) is 4.21. The van der Waals surface area contributed by atoms with Gasteiger partial charge in [-0.05, 0) is 17.8 Å². The van der Waals surface area contributed by atoms with Crippen molar-refractivity contribution in [3.8, 4) is 24.2 Å². The summed E-state index contributed by atoms with van der Waals surface area (Å²) in [5.74, 6) is 6.83. The quantitative estimate of drug-likeness (QED) is 0.313. The molecule has 0 bridgehead atoms. The molecule has 0 amide bonds. The van der Waals surface area contributed by atoms with E-state index in [0.717, 1.165) is 0 Å². The molecule has 0 fully saturated rings. The predicted molar refractivity (Wildman–Crippen MR) is 30.3 cm³/mol. The smallest absolute Gasteiger partial charge is 0.0524 e. The normalized spacial score (nSPS) is 3.83. The zero-order valence-electron chi connectivity index (χ0n) is 3.06. The summed E-state index contributed by atoms with van der Waals surface area (Å²) in [6.07, 6.45) is 4.72. The van der Waals surface area contributed by atoms with Crippen molar-refractivity contribution < 1.29 is 0 Å². The Morgan fingerprint density at radius 1 is 1.67 bits per heavy atom. The first-order valence-electron chi connectivity index (χ1n) is 1.31. The highest BCUT2D eigenvalue weighted by atomic mass is 32.1. The average Bonchev–Trinajstić information content (AvgIpc) is 1.61. The van der Waals surface area contributed by atoms with Crippen LogP contribution < -0.4 is 0 Å². The van der Waals surface area contributed by atoms with E-state index < -0.39 is 0 Å². The Hall–Kier alpha value is -0.790. The van der Waals surface area contributed by atoms with E-state index in [1.54, 1.807) is 0 Å². The van der Waals surface area contributed by atoms with Crippen LogP contribution in [0.15, 0.2) is 0 Å². The summed E-state index contributed by atoms with van der Waals surface area (Å²) in [7, 11) is 0. The van der Waals surface area contributed by atoms with Crippen molar-refractivity contribution >= 4 is 17.6 Å². The minimum absolute atomic E-state index is 1.29. The van der Waals surface area contributed by atoms with E-state index in [2.05, 4.69) is 30.0 Å². The van der Waals surface area contributed by atoms with Gasteiger partial charge in [0.15, 0.2) is 0 Å². The first kappa shape index (κ1) is 5.21. The second-order valence-corrected chi connectivity index (χ2v) is 0.767.